The number of hydrogen-bond donors (Lipinski definition) is 3. The molecule has 0 saturated carbocycles. The summed E-state index contributed by atoms with van der Waals surface area (Å²) in [4.78, 5) is 12.9. The van der Waals surface area contributed by atoms with Gasteiger partial charge in [0.1, 0.15) is 6.54 Å². The van der Waals surface area contributed by atoms with E-state index in [-0.39, 0.29) is 22.8 Å². The fraction of sp³-hybridized carbons (Fsp3) is 0.630. The van der Waals surface area contributed by atoms with Crippen molar-refractivity contribution in [3.63, 3.8) is 0 Å². The van der Waals surface area contributed by atoms with E-state index in [4.69, 9.17) is 52.1 Å². The average Bonchev–Trinajstić information content (AvgIpc) is 3.78. The van der Waals surface area contributed by atoms with Gasteiger partial charge < -0.3 is 62.1 Å². The lowest BCUT2D eigenvalue weighted by molar-refractivity contribution is -0.438. The van der Waals surface area contributed by atoms with Crippen molar-refractivity contribution in [3.05, 3.63) is 83.6 Å². The number of carboxylic acids is 1. The van der Waals surface area contributed by atoms with Crippen LogP contribution in [0.2, 0.25) is 0 Å². The van der Waals surface area contributed by atoms with E-state index in [2.05, 4.69) is 9.48 Å². The number of benzene rings is 2. The molecule has 0 amide bonds. The van der Waals surface area contributed by atoms with Gasteiger partial charge in [0.2, 0.25) is 5.69 Å². The molecule has 2 aromatic rings. The highest BCUT2D eigenvalue weighted by Crippen LogP contribution is 2.51. The SMILES string of the molecule is COCCOCCOCCOCCOCCC1(C)C(=CC=CC=CC2=[N+](CCCCCC(=O)O)c3ccc(S(=O)(=O)O)cc3C2(C)CCOCCOCCOCCOCCOC)N(CCOC)c2ccc(S(=O)(=O)O)cc21. The van der Waals surface area contributed by atoms with Gasteiger partial charge in [-0.2, -0.15) is 21.4 Å². The summed E-state index contributed by atoms with van der Waals surface area (Å²) in [5, 5.41) is 9.29. The molecule has 0 bridgehead atoms. The van der Waals surface area contributed by atoms with Crippen LogP contribution in [0.4, 0.5) is 11.4 Å². The third-order valence-electron chi connectivity index (χ3n) is 13.1. The van der Waals surface area contributed by atoms with Crippen LogP contribution in [0.5, 0.6) is 0 Å². The van der Waals surface area contributed by atoms with Gasteiger partial charge in [0.15, 0.2) is 5.71 Å². The van der Waals surface area contributed by atoms with Crippen LogP contribution in [0.25, 0.3) is 0 Å². The minimum absolute atomic E-state index is 0.0438. The molecule has 0 saturated heterocycles. The van der Waals surface area contributed by atoms with E-state index in [9.17, 15) is 35.8 Å². The molecular weight excluding hydrogens is 1040 g/mol. The van der Waals surface area contributed by atoms with Gasteiger partial charge in [-0.25, -0.2) is 0 Å². The van der Waals surface area contributed by atoms with Crippen LogP contribution in [0.1, 0.15) is 63.5 Å². The Kier molecular flexibility index (Phi) is 29.7. The van der Waals surface area contributed by atoms with Crippen LogP contribution < -0.4 is 4.90 Å². The molecular formula is C54H83N2O19S2+. The molecule has 4 rings (SSSR count). The molecule has 0 fully saturated rings. The maximum absolute atomic E-state index is 12.5. The number of carboxylic acid groups (broad SMARTS) is 1. The summed E-state index contributed by atoms with van der Waals surface area (Å²) in [5.41, 5.74) is 2.97. The molecule has 23 heteroatoms. The van der Waals surface area contributed by atoms with E-state index >= 15 is 0 Å². The molecule has 2 aliphatic heterocycles. The molecule has 0 radical (unpaired) electrons. The summed E-state index contributed by atoms with van der Waals surface area (Å²) in [6, 6.07) is 9.16. The zero-order valence-corrected chi connectivity index (χ0v) is 47.2. The Morgan fingerprint density at radius 3 is 1.49 bits per heavy atom. The van der Waals surface area contributed by atoms with E-state index in [1.807, 2.05) is 44.2 Å². The van der Waals surface area contributed by atoms with Gasteiger partial charge in [-0.1, -0.05) is 18.2 Å². The minimum atomic E-state index is -4.56. The molecule has 2 aromatic carbocycles. The first-order chi connectivity index (χ1) is 37.0. The highest BCUT2D eigenvalue weighted by Gasteiger charge is 2.48. The average molecular weight is 1130 g/mol. The normalized spacial score (nSPS) is 18.2. The number of unbranched alkanes of at least 4 members (excludes halogenated alkanes) is 2. The van der Waals surface area contributed by atoms with E-state index < -0.39 is 37.0 Å². The van der Waals surface area contributed by atoms with E-state index in [1.54, 1.807) is 33.5 Å². The number of methoxy groups -OCH3 is 3. The predicted molar refractivity (Wildman–Crippen MR) is 288 cm³/mol. The standard InChI is InChI=1S/C54H82N2O19S2/c1-53(19-23-68-30-32-72-38-40-74-36-34-70-28-26-66-4)46-42-44(76(59,60)61)15-17-48(46)55(21-11-7-10-14-52(57)58)50(53)12-8-6-9-13-51-54(2,20-24-69-31-33-73-39-41-75-37-35-71-29-27-67-5)47-43-45(77(62,63)64)16-18-49(47)56(51)22-25-65-3/h6,8-9,12-13,15-18,42-43H,7,10-11,14,19-41H2,1-5H3,(H2-,57,58,59,60,61,62,63,64)/p+1. The molecule has 3 N–H and O–H groups in total. The van der Waals surface area contributed by atoms with E-state index in [1.165, 1.54) is 24.3 Å². The first-order valence-electron chi connectivity index (χ1n) is 26.1. The Labute approximate surface area is 455 Å². The second kappa shape index (κ2) is 34.9. The molecule has 434 valence electrons. The lowest BCUT2D eigenvalue weighted by Gasteiger charge is -2.30. The molecule has 2 heterocycles. The van der Waals surface area contributed by atoms with Crippen molar-refractivity contribution in [2.75, 3.05) is 165 Å². The number of hydrogen-bond acceptors (Lipinski definition) is 17. The molecule has 2 aliphatic rings. The first kappa shape index (κ1) is 65.5. The van der Waals surface area contributed by atoms with Gasteiger partial charge in [-0.3, -0.25) is 13.9 Å². The lowest BCUT2D eigenvalue weighted by Crippen LogP contribution is -2.33. The quantitative estimate of drug-likeness (QED) is 0.0306. The van der Waals surface area contributed by atoms with Crippen molar-refractivity contribution in [3.8, 4) is 0 Å². The van der Waals surface area contributed by atoms with Crippen molar-refractivity contribution < 1.29 is 92.5 Å². The number of carbonyl (C=O) groups is 1. The highest BCUT2D eigenvalue weighted by molar-refractivity contribution is 7.86. The summed E-state index contributed by atoms with van der Waals surface area (Å²) in [6.45, 7) is 12.6. The number of fused-ring (bicyclic) bond motifs is 2. The summed E-state index contributed by atoms with van der Waals surface area (Å²) in [6.07, 6.45) is 12.3. The number of anilines is 1. The van der Waals surface area contributed by atoms with Crippen LogP contribution in [-0.4, -0.2) is 207 Å². The largest absolute Gasteiger partial charge is 0.481 e. The Hall–Kier alpha value is -4.02. The monoisotopic (exact) mass is 1130 g/mol. The van der Waals surface area contributed by atoms with Crippen LogP contribution in [0.3, 0.4) is 0 Å². The molecule has 77 heavy (non-hydrogen) atoms. The second-order valence-electron chi connectivity index (χ2n) is 18.5. The number of allylic oxidation sites excluding steroid dienone is 6. The Morgan fingerprint density at radius 2 is 1.01 bits per heavy atom. The zero-order chi connectivity index (χ0) is 56.0. The molecule has 21 nitrogen and oxygen atoms in total. The molecule has 2 unspecified atom stereocenters. The third kappa shape index (κ3) is 21.5. The zero-order valence-electron chi connectivity index (χ0n) is 45.5. The summed E-state index contributed by atoms with van der Waals surface area (Å²) >= 11 is 0. The van der Waals surface area contributed by atoms with Crippen molar-refractivity contribution in [2.24, 2.45) is 0 Å². The molecule has 0 spiro atoms. The lowest BCUT2D eigenvalue weighted by atomic mass is 9.76. The van der Waals surface area contributed by atoms with E-state index in [0.717, 1.165) is 22.8 Å². The van der Waals surface area contributed by atoms with Gasteiger partial charge in [-0.05, 0) is 81.5 Å². The summed E-state index contributed by atoms with van der Waals surface area (Å²) in [7, 11) is -4.26. The van der Waals surface area contributed by atoms with Crippen molar-refractivity contribution in [2.45, 2.75) is 73.0 Å². The Bertz CT molecular complexity index is 2450. The van der Waals surface area contributed by atoms with Crippen molar-refractivity contribution >= 4 is 43.3 Å². The predicted octanol–water partition coefficient (Wildman–Crippen LogP) is 5.81. The third-order valence-corrected chi connectivity index (χ3v) is 14.8. The van der Waals surface area contributed by atoms with Crippen LogP contribution in [-0.2, 0) is 88.0 Å². The maximum Gasteiger partial charge on any atom is 0.303 e. The van der Waals surface area contributed by atoms with E-state index in [0.29, 0.717) is 175 Å². The minimum Gasteiger partial charge on any atom is -0.481 e. The Morgan fingerprint density at radius 1 is 0.558 bits per heavy atom. The second-order valence-corrected chi connectivity index (χ2v) is 21.4. The van der Waals surface area contributed by atoms with Gasteiger partial charge in [0.25, 0.3) is 20.2 Å². The number of nitrogens with zero attached hydrogens (tertiary/aromatic N) is 2. The van der Waals surface area contributed by atoms with Crippen molar-refractivity contribution in [1.82, 2.24) is 0 Å². The van der Waals surface area contributed by atoms with Gasteiger partial charge in [0.05, 0.1) is 128 Å². The van der Waals surface area contributed by atoms with Crippen LogP contribution in [0, 0.1) is 0 Å². The topological polar surface area (TPSA) is 254 Å². The molecule has 0 aromatic heterocycles. The smallest absolute Gasteiger partial charge is 0.303 e. The van der Waals surface area contributed by atoms with Crippen molar-refractivity contribution in [1.29, 1.82) is 0 Å². The van der Waals surface area contributed by atoms with Gasteiger partial charge in [0, 0.05) is 88.4 Å². The summed E-state index contributed by atoms with van der Waals surface area (Å²) < 4.78 is 133. The summed E-state index contributed by atoms with van der Waals surface area (Å²) in [5.74, 6) is -0.868. The van der Waals surface area contributed by atoms with Crippen LogP contribution >= 0.6 is 0 Å². The fourth-order valence-electron chi connectivity index (χ4n) is 9.02. The molecule has 0 aliphatic carbocycles. The van der Waals surface area contributed by atoms with Crippen LogP contribution in [0.15, 0.2) is 82.3 Å². The maximum atomic E-state index is 12.5. The Balaban J connectivity index is 1.57. The first-order valence-corrected chi connectivity index (χ1v) is 28.9. The number of rotatable bonds is 44. The van der Waals surface area contributed by atoms with Gasteiger partial charge in [-0.15, -0.1) is 0 Å². The highest BCUT2D eigenvalue weighted by atomic mass is 32.2. The molecule has 2 atom stereocenters. The van der Waals surface area contributed by atoms with Gasteiger partial charge >= 0.3 is 5.97 Å². The fourth-order valence-corrected chi connectivity index (χ4v) is 10.0. The number of ether oxygens (including phenoxy) is 11. The number of aliphatic carboxylic acids is 1.